The number of thiazole rings is 1. The Labute approximate surface area is 215 Å². The molecule has 2 N–H and O–H groups in total. The third-order valence-electron chi connectivity index (χ3n) is 6.73. The Morgan fingerprint density at radius 2 is 2.17 bits per heavy atom. The van der Waals surface area contributed by atoms with Crippen LogP contribution in [0.25, 0.3) is 21.0 Å². The smallest absolute Gasteiger partial charge is 0.317 e. The predicted molar refractivity (Wildman–Crippen MR) is 140 cm³/mol. The second-order valence-electron chi connectivity index (χ2n) is 9.68. The molecule has 1 saturated heterocycles. The van der Waals surface area contributed by atoms with Gasteiger partial charge in [-0.2, -0.15) is 5.26 Å². The van der Waals surface area contributed by atoms with Gasteiger partial charge in [-0.25, -0.2) is 9.78 Å². The molecule has 8 heteroatoms. The zero-order valence-corrected chi connectivity index (χ0v) is 21.3. The molecule has 1 aromatic heterocycles. The first-order valence-corrected chi connectivity index (χ1v) is 13.3. The van der Waals surface area contributed by atoms with Crippen molar-refractivity contribution in [1.29, 1.82) is 5.26 Å². The van der Waals surface area contributed by atoms with E-state index in [9.17, 15) is 15.2 Å². The molecule has 2 amide bonds. The Hall–Kier alpha value is -3.41. The summed E-state index contributed by atoms with van der Waals surface area (Å²) in [5.41, 5.74) is 4.92. The van der Waals surface area contributed by atoms with Crippen molar-refractivity contribution >= 4 is 17.4 Å². The lowest BCUT2D eigenvalue weighted by atomic mass is 10.0. The van der Waals surface area contributed by atoms with Crippen LogP contribution in [0, 0.1) is 11.3 Å². The van der Waals surface area contributed by atoms with Crippen LogP contribution in [0.3, 0.4) is 0 Å². The van der Waals surface area contributed by atoms with E-state index in [-0.39, 0.29) is 18.2 Å². The van der Waals surface area contributed by atoms with Crippen LogP contribution in [-0.2, 0) is 6.42 Å². The topological polar surface area (TPSA) is 98.5 Å². The highest BCUT2D eigenvalue weighted by molar-refractivity contribution is 7.18. The van der Waals surface area contributed by atoms with E-state index in [1.807, 2.05) is 44.3 Å². The fourth-order valence-corrected chi connectivity index (χ4v) is 6.02. The number of β-amino-alcohol motifs (C(OH)–C–C–N with tert-alkyl or cyclic N) is 1. The number of hydrogen-bond donors (Lipinski definition) is 2. The minimum absolute atomic E-state index is 0.00496. The summed E-state index contributed by atoms with van der Waals surface area (Å²) < 4.78 is 5.75. The molecule has 2 atom stereocenters. The lowest BCUT2D eigenvalue weighted by molar-refractivity contribution is 0.0833. The Morgan fingerprint density at radius 3 is 2.94 bits per heavy atom. The molecule has 7 nitrogen and oxygen atoms in total. The van der Waals surface area contributed by atoms with Gasteiger partial charge in [0.1, 0.15) is 16.8 Å². The molecule has 0 radical (unpaired) electrons. The lowest BCUT2D eigenvalue weighted by Gasteiger charge is -2.31. The largest absolute Gasteiger partial charge is 0.490 e. The van der Waals surface area contributed by atoms with Crippen LogP contribution in [-0.4, -0.2) is 46.3 Å². The summed E-state index contributed by atoms with van der Waals surface area (Å²) in [7, 11) is 0. The second-order valence-corrected chi connectivity index (χ2v) is 10.7. The van der Waals surface area contributed by atoms with E-state index >= 15 is 0 Å². The molecular formula is C28H30N4O3S. The predicted octanol–water partition coefficient (Wildman–Crippen LogP) is 5.29. The quantitative estimate of drug-likeness (QED) is 0.494. The van der Waals surface area contributed by atoms with E-state index in [0.717, 1.165) is 52.3 Å². The van der Waals surface area contributed by atoms with Gasteiger partial charge >= 0.3 is 6.03 Å². The summed E-state index contributed by atoms with van der Waals surface area (Å²) in [4.78, 5) is 20.3. The SMILES string of the molecule is CC(C)Oc1ccc(-c2ncc(-c3cccc4c3CC[C@@H]4NC(=O)N3CCC[C@H](O)C3)s2)cc1C#N. The number of aliphatic hydroxyl groups is 1. The minimum Gasteiger partial charge on any atom is -0.490 e. The summed E-state index contributed by atoms with van der Waals surface area (Å²) in [5, 5.41) is 23.5. The highest BCUT2D eigenvalue weighted by atomic mass is 32.1. The van der Waals surface area contributed by atoms with Crippen LogP contribution in [0.2, 0.25) is 0 Å². The zero-order valence-electron chi connectivity index (χ0n) is 20.5. The summed E-state index contributed by atoms with van der Waals surface area (Å²) in [6.45, 7) is 4.96. The number of carbonyl (C=O) groups excluding carboxylic acids is 1. The number of nitrogens with zero attached hydrogens (tertiary/aromatic N) is 3. The number of aromatic nitrogens is 1. The van der Waals surface area contributed by atoms with Crippen molar-refractivity contribution in [1.82, 2.24) is 15.2 Å². The van der Waals surface area contributed by atoms with Gasteiger partial charge in [0.15, 0.2) is 0 Å². The number of urea groups is 1. The third-order valence-corrected chi connectivity index (χ3v) is 7.81. The van der Waals surface area contributed by atoms with Crippen LogP contribution in [0.5, 0.6) is 5.75 Å². The van der Waals surface area contributed by atoms with Crippen molar-refractivity contribution in [3.05, 3.63) is 59.3 Å². The van der Waals surface area contributed by atoms with Crippen molar-refractivity contribution in [3.63, 3.8) is 0 Å². The molecule has 0 bridgehead atoms. The average molecular weight is 503 g/mol. The Bertz CT molecular complexity index is 1310. The molecule has 186 valence electrons. The average Bonchev–Trinajstić information content (AvgIpc) is 3.52. The highest BCUT2D eigenvalue weighted by Crippen LogP contribution is 2.41. The summed E-state index contributed by atoms with van der Waals surface area (Å²) in [6, 6.07) is 13.9. The van der Waals surface area contributed by atoms with Gasteiger partial charge in [-0.15, -0.1) is 11.3 Å². The number of amides is 2. The first kappa shape index (κ1) is 24.3. The number of nitrogens with one attached hydrogen (secondary N) is 1. The van der Waals surface area contributed by atoms with E-state index in [0.29, 0.717) is 24.4 Å². The fraction of sp³-hybridized carbons (Fsp3) is 0.393. The van der Waals surface area contributed by atoms with E-state index in [2.05, 4.69) is 28.5 Å². The number of benzene rings is 2. The number of hydrogen-bond acceptors (Lipinski definition) is 6. The molecule has 1 aliphatic carbocycles. The zero-order chi connectivity index (χ0) is 25.2. The van der Waals surface area contributed by atoms with Crippen LogP contribution in [0.4, 0.5) is 4.79 Å². The van der Waals surface area contributed by atoms with Crippen molar-refractivity contribution in [2.75, 3.05) is 13.1 Å². The first-order valence-electron chi connectivity index (χ1n) is 12.5. The normalized spacial score (nSPS) is 19.1. The number of piperidine rings is 1. The van der Waals surface area contributed by atoms with E-state index < -0.39 is 6.10 Å². The standard InChI is InChI=1S/C28H30N4O3S/c1-17(2)35-25-11-8-18(13-19(25)14-29)27-30-15-26(36-27)23-7-3-6-22-21(23)9-10-24(22)31-28(34)32-12-4-5-20(33)16-32/h3,6-8,11,13,15,17,20,24,33H,4-5,9-10,12,16H2,1-2H3,(H,31,34)/t20-,24-/m0/s1. The molecule has 2 aliphatic rings. The summed E-state index contributed by atoms with van der Waals surface area (Å²) >= 11 is 1.60. The van der Waals surface area contributed by atoms with Crippen LogP contribution < -0.4 is 10.1 Å². The lowest BCUT2D eigenvalue weighted by Crippen LogP contribution is -2.47. The van der Waals surface area contributed by atoms with Crippen LogP contribution in [0.1, 0.15) is 55.8 Å². The second kappa shape index (κ2) is 10.3. The van der Waals surface area contributed by atoms with Gasteiger partial charge < -0.3 is 20.1 Å². The molecule has 2 aromatic carbocycles. The van der Waals surface area contributed by atoms with E-state index in [1.165, 1.54) is 5.56 Å². The van der Waals surface area contributed by atoms with E-state index in [1.54, 1.807) is 16.2 Å². The Kier molecular flexibility index (Phi) is 6.95. The number of nitriles is 1. The molecule has 0 spiro atoms. The maximum atomic E-state index is 12.8. The van der Waals surface area contributed by atoms with Crippen LogP contribution >= 0.6 is 11.3 Å². The van der Waals surface area contributed by atoms with Crippen LogP contribution in [0.15, 0.2) is 42.6 Å². The number of aliphatic hydroxyl groups excluding tert-OH is 1. The third kappa shape index (κ3) is 4.95. The summed E-state index contributed by atoms with van der Waals surface area (Å²) in [5.74, 6) is 0.584. The number of likely N-dealkylation sites (tertiary alicyclic amines) is 1. The van der Waals surface area contributed by atoms with Crippen molar-refractivity contribution in [2.24, 2.45) is 0 Å². The van der Waals surface area contributed by atoms with Crippen molar-refractivity contribution < 1.29 is 14.6 Å². The van der Waals surface area contributed by atoms with Gasteiger partial charge in [-0.05, 0) is 74.4 Å². The van der Waals surface area contributed by atoms with Gasteiger partial charge in [-0.3, -0.25) is 0 Å². The molecule has 1 fully saturated rings. The fourth-order valence-electron chi connectivity index (χ4n) is 5.05. The number of fused-ring (bicyclic) bond motifs is 1. The molecule has 0 saturated carbocycles. The molecule has 5 rings (SSSR count). The number of ether oxygens (including phenoxy) is 1. The molecule has 0 unspecified atom stereocenters. The van der Waals surface area contributed by atoms with Gasteiger partial charge in [0, 0.05) is 24.8 Å². The molecule has 1 aliphatic heterocycles. The Morgan fingerprint density at radius 1 is 1.31 bits per heavy atom. The number of rotatable bonds is 5. The van der Waals surface area contributed by atoms with E-state index in [4.69, 9.17) is 4.74 Å². The van der Waals surface area contributed by atoms with Crippen molar-refractivity contribution in [3.8, 4) is 32.8 Å². The molecular weight excluding hydrogens is 472 g/mol. The molecule has 36 heavy (non-hydrogen) atoms. The number of carbonyl (C=O) groups is 1. The Balaban J connectivity index is 1.36. The van der Waals surface area contributed by atoms with Gasteiger partial charge in [0.2, 0.25) is 0 Å². The van der Waals surface area contributed by atoms with Gasteiger partial charge in [0.05, 0.1) is 28.7 Å². The molecule has 3 aromatic rings. The maximum Gasteiger partial charge on any atom is 0.317 e. The van der Waals surface area contributed by atoms with Crippen molar-refractivity contribution in [2.45, 2.75) is 57.8 Å². The maximum absolute atomic E-state index is 12.8. The highest BCUT2D eigenvalue weighted by Gasteiger charge is 2.29. The first-order chi connectivity index (χ1) is 17.4. The molecule has 2 heterocycles. The van der Waals surface area contributed by atoms with Gasteiger partial charge in [0.25, 0.3) is 0 Å². The monoisotopic (exact) mass is 502 g/mol. The summed E-state index contributed by atoms with van der Waals surface area (Å²) in [6.07, 6.45) is 4.77. The van der Waals surface area contributed by atoms with Gasteiger partial charge in [-0.1, -0.05) is 18.2 Å². The minimum atomic E-state index is -0.435.